The van der Waals surface area contributed by atoms with E-state index >= 15 is 0 Å². The van der Waals surface area contributed by atoms with Gasteiger partial charge in [0, 0.05) is 24.5 Å². The zero-order valence-corrected chi connectivity index (χ0v) is 10.1. The number of rotatable bonds is 6. The molecular weight excluding hydrogens is 256 g/mol. The van der Waals surface area contributed by atoms with E-state index in [1.54, 1.807) is 0 Å². The van der Waals surface area contributed by atoms with Gasteiger partial charge in [0.15, 0.2) is 0 Å². The van der Waals surface area contributed by atoms with Gasteiger partial charge in [-0.25, -0.2) is 0 Å². The van der Waals surface area contributed by atoms with Crippen molar-refractivity contribution >= 4 is 11.9 Å². The molecule has 0 aliphatic rings. The molecule has 1 rings (SSSR count). The Hall–Kier alpha value is -2.64. The number of nitrogens with zero attached hydrogens (tertiary/aromatic N) is 1. The van der Waals surface area contributed by atoms with Crippen molar-refractivity contribution in [2.75, 3.05) is 6.61 Å². The standard InChI is InChI=1S/C11H12N2O6/c1-7(14)19-10-4-2-3-9(11(12)15)8(10)5-6-18-13(16)17/h2-4H,5-6H2,1H3,(H2,12,15). The number of hydrogen-bond acceptors (Lipinski definition) is 6. The number of hydrogen-bond donors (Lipinski definition) is 1. The molecule has 0 bridgehead atoms. The van der Waals surface area contributed by atoms with Gasteiger partial charge in [0.1, 0.15) is 12.4 Å². The normalized spacial score (nSPS) is 9.74. The Balaban J connectivity index is 3.03. The molecule has 0 aliphatic heterocycles. The highest BCUT2D eigenvalue weighted by molar-refractivity contribution is 5.95. The number of benzene rings is 1. The van der Waals surface area contributed by atoms with Crippen molar-refractivity contribution in [2.24, 2.45) is 5.73 Å². The number of carbonyl (C=O) groups excluding carboxylic acids is 2. The van der Waals surface area contributed by atoms with Gasteiger partial charge in [-0.1, -0.05) is 6.07 Å². The van der Waals surface area contributed by atoms with Gasteiger partial charge >= 0.3 is 5.97 Å². The molecular formula is C11H12N2O6. The van der Waals surface area contributed by atoms with E-state index in [-0.39, 0.29) is 24.3 Å². The van der Waals surface area contributed by atoms with E-state index in [2.05, 4.69) is 4.84 Å². The molecule has 2 N–H and O–H groups in total. The van der Waals surface area contributed by atoms with Crippen molar-refractivity contribution in [2.45, 2.75) is 13.3 Å². The second-order valence-corrected chi connectivity index (χ2v) is 3.55. The van der Waals surface area contributed by atoms with Crippen molar-refractivity contribution in [3.05, 3.63) is 39.4 Å². The molecule has 1 amide bonds. The van der Waals surface area contributed by atoms with Gasteiger partial charge in [-0.3, -0.25) is 9.59 Å². The summed E-state index contributed by atoms with van der Waals surface area (Å²) in [6.45, 7) is 0.930. The molecule has 0 radical (unpaired) electrons. The largest absolute Gasteiger partial charge is 0.426 e. The highest BCUT2D eigenvalue weighted by Gasteiger charge is 2.15. The summed E-state index contributed by atoms with van der Waals surface area (Å²) in [5.41, 5.74) is 5.62. The summed E-state index contributed by atoms with van der Waals surface area (Å²) in [7, 11) is 0. The van der Waals surface area contributed by atoms with Crippen LogP contribution in [0.2, 0.25) is 0 Å². The first-order chi connectivity index (χ1) is 8.91. The minimum atomic E-state index is -0.946. The van der Waals surface area contributed by atoms with Crippen LogP contribution in [0, 0.1) is 10.1 Å². The molecule has 0 aliphatic carbocycles. The smallest absolute Gasteiger partial charge is 0.308 e. The molecule has 0 fully saturated rings. The predicted octanol–water partition coefficient (Wildman–Crippen LogP) is 0.462. The number of primary amides is 1. The van der Waals surface area contributed by atoms with Gasteiger partial charge in [-0.15, -0.1) is 10.1 Å². The van der Waals surface area contributed by atoms with Crippen molar-refractivity contribution in [3.8, 4) is 5.75 Å². The van der Waals surface area contributed by atoms with E-state index in [1.165, 1.54) is 25.1 Å². The first-order valence-electron chi connectivity index (χ1n) is 5.29. The van der Waals surface area contributed by atoms with Crippen LogP contribution in [0.5, 0.6) is 5.75 Å². The summed E-state index contributed by atoms with van der Waals surface area (Å²) < 4.78 is 4.92. The molecule has 102 valence electrons. The molecule has 0 aromatic heterocycles. The fraction of sp³-hybridized carbons (Fsp3) is 0.273. The number of carbonyl (C=O) groups is 2. The third-order valence-electron chi connectivity index (χ3n) is 2.20. The second kappa shape index (κ2) is 6.34. The molecule has 0 saturated heterocycles. The zero-order valence-electron chi connectivity index (χ0n) is 10.1. The van der Waals surface area contributed by atoms with Crippen LogP contribution in [0.25, 0.3) is 0 Å². The van der Waals surface area contributed by atoms with Gasteiger partial charge in [-0.05, 0) is 12.1 Å². The molecule has 1 aromatic rings. The Kier molecular flexibility index (Phi) is 4.81. The molecule has 19 heavy (non-hydrogen) atoms. The lowest BCUT2D eigenvalue weighted by Gasteiger charge is -2.11. The Labute approximate surface area is 108 Å². The second-order valence-electron chi connectivity index (χ2n) is 3.55. The maximum atomic E-state index is 11.3. The summed E-state index contributed by atoms with van der Waals surface area (Å²) in [6.07, 6.45) is 0.0166. The van der Waals surface area contributed by atoms with E-state index in [4.69, 9.17) is 10.5 Å². The summed E-state index contributed by atoms with van der Waals surface area (Å²) in [6, 6.07) is 4.41. The quantitative estimate of drug-likeness (QED) is 0.346. The van der Waals surface area contributed by atoms with Gasteiger partial charge in [0.2, 0.25) is 5.91 Å². The highest BCUT2D eigenvalue weighted by atomic mass is 16.9. The average molecular weight is 268 g/mol. The van der Waals surface area contributed by atoms with E-state index in [0.717, 1.165) is 0 Å². The number of ether oxygens (including phenoxy) is 1. The van der Waals surface area contributed by atoms with Crippen LogP contribution in [0.3, 0.4) is 0 Å². The number of amides is 1. The van der Waals surface area contributed by atoms with Crippen LogP contribution in [-0.4, -0.2) is 23.6 Å². The van der Waals surface area contributed by atoms with Crippen LogP contribution >= 0.6 is 0 Å². The van der Waals surface area contributed by atoms with E-state index in [9.17, 15) is 19.7 Å². The molecule has 8 nitrogen and oxygen atoms in total. The van der Waals surface area contributed by atoms with Gasteiger partial charge in [0.05, 0.1) is 0 Å². The third-order valence-corrected chi connectivity index (χ3v) is 2.20. The summed E-state index contributed by atoms with van der Waals surface area (Å²) in [5, 5.41) is 9.13. The highest BCUT2D eigenvalue weighted by Crippen LogP contribution is 2.23. The van der Waals surface area contributed by atoms with Crippen molar-refractivity contribution < 1.29 is 24.3 Å². The van der Waals surface area contributed by atoms with Crippen LogP contribution in [0.1, 0.15) is 22.8 Å². The fourth-order valence-corrected chi connectivity index (χ4v) is 1.53. The van der Waals surface area contributed by atoms with Crippen LogP contribution in [-0.2, 0) is 16.1 Å². The average Bonchev–Trinajstić information content (AvgIpc) is 2.29. The lowest BCUT2D eigenvalue weighted by atomic mass is 10.0. The fourth-order valence-electron chi connectivity index (χ4n) is 1.53. The third kappa shape index (κ3) is 4.26. The van der Waals surface area contributed by atoms with E-state index < -0.39 is 17.0 Å². The minimum Gasteiger partial charge on any atom is -0.426 e. The van der Waals surface area contributed by atoms with Crippen LogP contribution in [0.15, 0.2) is 18.2 Å². The summed E-state index contributed by atoms with van der Waals surface area (Å²) in [5.74, 6) is -1.15. The summed E-state index contributed by atoms with van der Waals surface area (Å²) >= 11 is 0. The molecule has 8 heteroatoms. The maximum Gasteiger partial charge on any atom is 0.308 e. The van der Waals surface area contributed by atoms with Crippen LogP contribution < -0.4 is 10.5 Å². The molecule has 0 heterocycles. The van der Waals surface area contributed by atoms with Crippen molar-refractivity contribution in [3.63, 3.8) is 0 Å². The number of esters is 1. The maximum absolute atomic E-state index is 11.3. The Morgan fingerprint density at radius 3 is 2.63 bits per heavy atom. The number of nitrogens with two attached hydrogens (primary N) is 1. The monoisotopic (exact) mass is 268 g/mol. The Morgan fingerprint density at radius 1 is 1.42 bits per heavy atom. The van der Waals surface area contributed by atoms with Crippen LogP contribution in [0.4, 0.5) is 0 Å². The lowest BCUT2D eigenvalue weighted by molar-refractivity contribution is -0.757. The molecule has 0 spiro atoms. The topological polar surface area (TPSA) is 122 Å². The molecule has 1 aromatic carbocycles. The first kappa shape index (κ1) is 14.4. The molecule has 0 atom stereocenters. The predicted molar refractivity (Wildman–Crippen MR) is 62.9 cm³/mol. The minimum absolute atomic E-state index is 0.0166. The summed E-state index contributed by atoms with van der Waals surface area (Å²) in [4.78, 5) is 36.5. The van der Waals surface area contributed by atoms with Gasteiger partial charge in [0.25, 0.3) is 5.09 Å². The SMILES string of the molecule is CC(=O)Oc1cccc(C(N)=O)c1CCO[N+](=O)[O-]. The van der Waals surface area contributed by atoms with Crippen molar-refractivity contribution in [1.82, 2.24) is 0 Å². The van der Waals surface area contributed by atoms with E-state index in [0.29, 0.717) is 5.56 Å². The zero-order chi connectivity index (χ0) is 14.4. The first-order valence-corrected chi connectivity index (χ1v) is 5.29. The Bertz CT molecular complexity index is 514. The molecule has 0 saturated carbocycles. The van der Waals surface area contributed by atoms with Gasteiger partial charge in [-0.2, -0.15) is 0 Å². The van der Waals surface area contributed by atoms with Gasteiger partial charge < -0.3 is 15.3 Å². The van der Waals surface area contributed by atoms with E-state index in [1.807, 2.05) is 0 Å². The Morgan fingerprint density at radius 2 is 2.11 bits per heavy atom. The molecule has 0 unspecified atom stereocenters. The lowest BCUT2D eigenvalue weighted by Crippen LogP contribution is -2.17. The van der Waals surface area contributed by atoms with Crippen molar-refractivity contribution in [1.29, 1.82) is 0 Å².